The maximum absolute atomic E-state index is 4.35. The lowest BCUT2D eigenvalue weighted by Crippen LogP contribution is -2.16. The summed E-state index contributed by atoms with van der Waals surface area (Å²) >= 11 is 0. The Balaban J connectivity index is 1.95. The van der Waals surface area contributed by atoms with Crippen molar-refractivity contribution >= 4 is 5.69 Å². The predicted octanol–water partition coefficient (Wildman–Crippen LogP) is 2.88. The van der Waals surface area contributed by atoms with Gasteiger partial charge in [-0.05, 0) is 32.4 Å². The van der Waals surface area contributed by atoms with Gasteiger partial charge in [-0.1, -0.05) is 18.2 Å². The van der Waals surface area contributed by atoms with Gasteiger partial charge >= 0.3 is 0 Å². The van der Waals surface area contributed by atoms with E-state index < -0.39 is 0 Å². The third-order valence-electron chi connectivity index (χ3n) is 3.49. The molecule has 1 atom stereocenters. The van der Waals surface area contributed by atoms with Crippen LogP contribution in [0.15, 0.2) is 24.3 Å². The summed E-state index contributed by atoms with van der Waals surface area (Å²) in [5.41, 5.74) is 2.58. The largest absolute Gasteiger partial charge is 0.375 e. The fraction of sp³-hybridized carbons (Fsp3) is 0.429. The van der Waals surface area contributed by atoms with Crippen LogP contribution in [0.1, 0.15) is 43.1 Å². The van der Waals surface area contributed by atoms with Crippen molar-refractivity contribution in [2.24, 2.45) is 0 Å². The fourth-order valence-corrected chi connectivity index (χ4v) is 2.72. The molecule has 0 amide bonds. The van der Waals surface area contributed by atoms with Gasteiger partial charge < -0.3 is 9.88 Å². The van der Waals surface area contributed by atoms with E-state index in [-0.39, 0.29) is 6.04 Å². The zero-order valence-electron chi connectivity index (χ0n) is 11.0. The van der Waals surface area contributed by atoms with Crippen molar-refractivity contribution in [2.45, 2.75) is 39.3 Å². The maximum atomic E-state index is 4.35. The van der Waals surface area contributed by atoms with Gasteiger partial charge in [-0.15, -0.1) is 10.2 Å². The first-order valence-corrected chi connectivity index (χ1v) is 6.42. The van der Waals surface area contributed by atoms with E-state index in [0.29, 0.717) is 6.04 Å². The normalized spacial score (nSPS) is 17.9. The number of fused-ring (bicyclic) bond motifs is 1. The number of para-hydroxylation sites is 1. The van der Waals surface area contributed by atoms with Crippen molar-refractivity contribution < 1.29 is 0 Å². The van der Waals surface area contributed by atoms with E-state index in [2.05, 4.69) is 58.2 Å². The van der Waals surface area contributed by atoms with Crippen molar-refractivity contribution in [1.29, 1.82) is 0 Å². The van der Waals surface area contributed by atoms with Crippen LogP contribution in [0, 0.1) is 6.92 Å². The number of hydrogen-bond acceptors (Lipinski definition) is 3. The van der Waals surface area contributed by atoms with Crippen LogP contribution in [-0.2, 0) is 6.42 Å². The molecule has 1 aromatic heterocycles. The molecule has 1 aromatic carbocycles. The minimum atomic E-state index is 0.242. The molecule has 0 saturated carbocycles. The minimum absolute atomic E-state index is 0.242. The molecule has 0 spiro atoms. The summed E-state index contributed by atoms with van der Waals surface area (Å²) in [6, 6.07) is 9.07. The molecule has 4 heteroatoms. The topological polar surface area (TPSA) is 42.7 Å². The first kappa shape index (κ1) is 11.3. The highest BCUT2D eigenvalue weighted by Crippen LogP contribution is 2.33. The van der Waals surface area contributed by atoms with E-state index >= 15 is 0 Å². The summed E-state index contributed by atoms with van der Waals surface area (Å²) in [6.07, 6.45) is 0.987. The summed E-state index contributed by atoms with van der Waals surface area (Å²) in [4.78, 5) is 0. The minimum Gasteiger partial charge on any atom is -0.375 e. The summed E-state index contributed by atoms with van der Waals surface area (Å²) in [6.45, 7) is 6.35. The highest BCUT2D eigenvalue weighted by Gasteiger charge is 2.27. The number of aromatic nitrogens is 3. The second kappa shape index (κ2) is 4.12. The average Bonchev–Trinajstić information content (AvgIpc) is 2.91. The molecule has 0 radical (unpaired) electrons. The van der Waals surface area contributed by atoms with E-state index in [1.807, 2.05) is 6.92 Å². The molecule has 0 bridgehead atoms. The van der Waals surface area contributed by atoms with E-state index in [0.717, 1.165) is 18.1 Å². The van der Waals surface area contributed by atoms with Crippen LogP contribution < -0.4 is 5.32 Å². The van der Waals surface area contributed by atoms with Crippen LogP contribution in [0.3, 0.4) is 0 Å². The van der Waals surface area contributed by atoms with Crippen molar-refractivity contribution in [3.05, 3.63) is 41.5 Å². The van der Waals surface area contributed by atoms with E-state index in [1.54, 1.807) is 0 Å². The highest BCUT2D eigenvalue weighted by molar-refractivity contribution is 5.57. The second-order valence-electron chi connectivity index (χ2n) is 5.13. The monoisotopic (exact) mass is 242 g/mol. The summed E-state index contributed by atoms with van der Waals surface area (Å²) in [5, 5.41) is 12.1. The fourth-order valence-electron chi connectivity index (χ4n) is 2.72. The summed E-state index contributed by atoms with van der Waals surface area (Å²) in [5.74, 6) is 2.02. The third kappa shape index (κ3) is 1.68. The van der Waals surface area contributed by atoms with Gasteiger partial charge in [0.2, 0.25) is 0 Å². The third-order valence-corrected chi connectivity index (χ3v) is 3.49. The number of aryl methyl sites for hydroxylation is 1. The molecule has 1 aliphatic rings. The molecule has 0 saturated heterocycles. The molecular formula is C14H18N4. The Labute approximate surface area is 107 Å². The molecule has 0 unspecified atom stereocenters. The smallest absolute Gasteiger partial charge is 0.156 e. The Morgan fingerprint density at radius 2 is 2.06 bits per heavy atom. The van der Waals surface area contributed by atoms with Crippen LogP contribution in [0.2, 0.25) is 0 Å². The molecule has 2 heterocycles. The number of nitrogens with zero attached hydrogens (tertiary/aromatic N) is 3. The summed E-state index contributed by atoms with van der Waals surface area (Å²) in [7, 11) is 0. The first-order valence-electron chi connectivity index (χ1n) is 6.42. The van der Waals surface area contributed by atoms with Crippen molar-refractivity contribution in [2.75, 3.05) is 5.32 Å². The highest BCUT2D eigenvalue weighted by atomic mass is 15.3. The molecule has 0 aliphatic carbocycles. The Hall–Kier alpha value is -1.84. The molecule has 0 fully saturated rings. The van der Waals surface area contributed by atoms with Crippen LogP contribution in [-0.4, -0.2) is 14.8 Å². The number of benzene rings is 1. The van der Waals surface area contributed by atoms with Gasteiger partial charge in [-0.25, -0.2) is 0 Å². The van der Waals surface area contributed by atoms with Gasteiger partial charge in [0.1, 0.15) is 5.82 Å². The van der Waals surface area contributed by atoms with E-state index in [9.17, 15) is 0 Å². The Kier molecular flexibility index (Phi) is 2.58. The standard InChI is InChI=1S/C14H18N4/c1-9(2)18-10(3)16-17-14(18)13-8-11-6-4-5-7-12(11)15-13/h4-7,9,13,15H,8H2,1-3H3/t13-/m0/s1. The Morgan fingerprint density at radius 1 is 1.28 bits per heavy atom. The molecule has 94 valence electrons. The van der Waals surface area contributed by atoms with Crippen molar-refractivity contribution in [1.82, 2.24) is 14.8 Å². The van der Waals surface area contributed by atoms with E-state index in [4.69, 9.17) is 0 Å². The second-order valence-corrected chi connectivity index (χ2v) is 5.13. The van der Waals surface area contributed by atoms with Crippen LogP contribution in [0.4, 0.5) is 5.69 Å². The predicted molar refractivity (Wildman–Crippen MR) is 71.7 cm³/mol. The summed E-state index contributed by atoms with van der Waals surface area (Å²) < 4.78 is 2.21. The molecule has 1 aliphatic heterocycles. The SMILES string of the molecule is Cc1nnc([C@@H]2Cc3ccccc3N2)n1C(C)C. The molecule has 1 N–H and O–H groups in total. The van der Waals surface area contributed by atoms with Crippen LogP contribution in [0.25, 0.3) is 0 Å². The van der Waals surface area contributed by atoms with Gasteiger partial charge in [-0.3, -0.25) is 0 Å². The van der Waals surface area contributed by atoms with Gasteiger partial charge in [0.25, 0.3) is 0 Å². The van der Waals surface area contributed by atoms with Crippen molar-refractivity contribution in [3.63, 3.8) is 0 Å². The Bertz CT molecular complexity index is 546. The van der Waals surface area contributed by atoms with Gasteiger partial charge in [0.15, 0.2) is 5.82 Å². The van der Waals surface area contributed by atoms with E-state index in [1.165, 1.54) is 11.3 Å². The van der Waals surface area contributed by atoms with Crippen molar-refractivity contribution in [3.8, 4) is 0 Å². The number of anilines is 1. The molecule has 2 aromatic rings. The Morgan fingerprint density at radius 3 is 2.78 bits per heavy atom. The molecule has 4 nitrogen and oxygen atoms in total. The van der Waals surface area contributed by atoms with Crippen LogP contribution in [0.5, 0.6) is 0 Å². The molecule has 3 rings (SSSR count). The lowest BCUT2D eigenvalue weighted by Gasteiger charge is -2.16. The molecular weight excluding hydrogens is 224 g/mol. The number of nitrogens with one attached hydrogen (secondary N) is 1. The zero-order chi connectivity index (χ0) is 12.7. The molecule has 18 heavy (non-hydrogen) atoms. The van der Waals surface area contributed by atoms with Gasteiger partial charge in [0.05, 0.1) is 6.04 Å². The lowest BCUT2D eigenvalue weighted by atomic mass is 10.1. The zero-order valence-corrected chi connectivity index (χ0v) is 11.0. The number of rotatable bonds is 2. The van der Waals surface area contributed by atoms with Gasteiger partial charge in [-0.2, -0.15) is 0 Å². The number of hydrogen-bond donors (Lipinski definition) is 1. The first-order chi connectivity index (χ1) is 8.66. The van der Waals surface area contributed by atoms with Gasteiger partial charge in [0, 0.05) is 18.2 Å². The lowest BCUT2D eigenvalue weighted by molar-refractivity contribution is 0.535. The van der Waals surface area contributed by atoms with Crippen LogP contribution >= 0.6 is 0 Å². The quantitative estimate of drug-likeness (QED) is 0.880. The average molecular weight is 242 g/mol. The maximum Gasteiger partial charge on any atom is 0.156 e.